The van der Waals surface area contributed by atoms with E-state index in [2.05, 4.69) is 10.8 Å². The number of alkyl halides is 3. The van der Waals surface area contributed by atoms with E-state index in [1.807, 2.05) is 0 Å². The molecule has 72 valence electrons. The molecule has 0 unspecified atom stereocenters. The Morgan fingerprint density at radius 3 is 2.17 bits per heavy atom. The third-order valence-corrected chi connectivity index (χ3v) is 1.74. The lowest BCUT2D eigenvalue weighted by Crippen LogP contribution is -2.25. The summed E-state index contributed by atoms with van der Waals surface area (Å²) in [6, 6.07) is 0. The number of hydrogen-bond acceptors (Lipinski definition) is 3. The molecular weight excluding hydrogens is 197 g/mol. The summed E-state index contributed by atoms with van der Waals surface area (Å²) in [5.41, 5.74) is -5.16. The molecule has 0 saturated carbocycles. The zero-order valence-corrected chi connectivity index (χ0v) is 7.00. The maximum atomic E-state index is 11.5. The van der Waals surface area contributed by atoms with Crippen LogP contribution in [0.15, 0.2) is 12.2 Å². The van der Waals surface area contributed by atoms with Gasteiger partial charge < -0.3 is 0 Å². The van der Waals surface area contributed by atoms with Crippen molar-refractivity contribution in [1.82, 2.24) is 0 Å². The molecule has 0 aromatic rings. The second-order valence-corrected chi connectivity index (χ2v) is 3.73. The fraction of sp³-hybridized carbons (Fsp3) is 0.600. The highest BCUT2D eigenvalue weighted by atomic mass is 32.2. The van der Waals surface area contributed by atoms with Crippen molar-refractivity contribution in [2.45, 2.75) is 12.4 Å². The summed E-state index contributed by atoms with van der Waals surface area (Å²) in [5.74, 6) is 0. The van der Waals surface area contributed by atoms with E-state index >= 15 is 0 Å². The van der Waals surface area contributed by atoms with Crippen molar-refractivity contribution in [3.8, 4) is 0 Å². The predicted molar refractivity (Wildman–Crippen MR) is 35.7 cm³/mol. The van der Waals surface area contributed by atoms with Crippen LogP contribution in [0.5, 0.6) is 0 Å². The van der Waals surface area contributed by atoms with Crippen LogP contribution >= 0.6 is 0 Å². The molecular formula is C5H7F3O3S. The van der Waals surface area contributed by atoms with Gasteiger partial charge in [0.05, 0.1) is 6.61 Å². The van der Waals surface area contributed by atoms with Gasteiger partial charge in [0.2, 0.25) is 0 Å². The quantitative estimate of drug-likeness (QED) is 0.397. The Labute approximate surface area is 68.0 Å². The second kappa shape index (κ2) is 3.44. The molecule has 0 aliphatic heterocycles. The average Bonchev–Trinajstić information content (AvgIpc) is 1.81. The Morgan fingerprint density at radius 2 is 1.92 bits per heavy atom. The van der Waals surface area contributed by atoms with Crippen LogP contribution < -0.4 is 0 Å². The van der Waals surface area contributed by atoms with Crippen LogP contribution in [0, 0.1) is 0 Å². The van der Waals surface area contributed by atoms with E-state index < -0.39 is 22.2 Å². The zero-order chi connectivity index (χ0) is 9.99. The van der Waals surface area contributed by atoms with Crippen LogP contribution in [0.25, 0.3) is 0 Å². The van der Waals surface area contributed by atoms with Crippen LogP contribution in [0.1, 0.15) is 6.92 Å². The van der Waals surface area contributed by atoms with Crippen molar-refractivity contribution in [3.63, 3.8) is 0 Å². The smallest absolute Gasteiger partial charge is 0.259 e. The van der Waals surface area contributed by atoms with Gasteiger partial charge in [-0.2, -0.15) is 21.6 Å². The van der Waals surface area contributed by atoms with Gasteiger partial charge in [0.15, 0.2) is 0 Å². The summed E-state index contributed by atoms with van der Waals surface area (Å²) in [7, 11) is -5.45. The molecule has 0 spiro atoms. The van der Waals surface area contributed by atoms with E-state index in [0.717, 1.165) is 0 Å². The fourth-order valence-corrected chi connectivity index (χ4v) is 0.735. The minimum absolute atomic E-state index is 0.197. The average molecular weight is 204 g/mol. The molecule has 0 aromatic heterocycles. The van der Waals surface area contributed by atoms with Crippen molar-refractivity contribution in [3.05, 3.63) is 12.2 Å². The fourth-order valence-electron chi connectivity index (χ4n) is 0.245. The van der Waals surface area contributed by atoms with Gasteiger partial charge in [0.1, 0.15) is 0 Å². The lowest BCUT2D eigenvalue weighted by molar-refractivity contribution is -0.0536. The molecule has 0 heterocycles. The maximum Gasteiger partial charge on any atom is 0.523 e. The summed E-state index contributed by atoms with van der Waals surface area (Å²) in [4.78, 5) is 0. The third-order valence-electron chi connectivity index (χ3n) is 0.744. The molecule has 0 aliphatic rings. The van der Waals surface area contributed by atoms with Crippen molar-refractivity contribution >= 4 is 10.1 Å². The first kappa shape index (κ1) is 11.4. The highest BCUT2D eigenvalue weighted by molar-refractivity contribution is 7.87. The van der Waals surface area contributed by atoms with Crippen LogP contribution in [-0.4, -0.2) is 20.5 Å². The topological polar surface area (TPSA) is 43.4 Å². The van der Waals surface area contributed by atoms with E-state index in [0.29, 0.717) is 0 Å². The van der Waals surface area contributed by atoms with Crippen LogP contribution in [-0.2, 0) is 14.3 Å². The summed E-state index contributed by atoms with van der Waals surface area (Å²) < 4.78 is 58.6. The molecule has 0 saturated heterocycles. The molecule has 0 bridgehead atoms. The van der Waals surface area contributed by atoms with Gasteiger partial charge in [0, 0.05) is 0 Å². The zero-order valence-electron chi connectivity index (χ0n) is 6.18. The van der Waals surface area contributed by atoms with Crippen molar-refractivity contribution in [1.29, 1.82) is 0 Å². The summed E-state index contributed by atoms with van der Waals surface area (Å²) in [6.45, 7) is 3.89. The van der Waals surface area contributed by atoms with E-state index in [-0.39, 0.29) is 5.57 Å². The molecule has 0 aliphatic carbocycles. The summed E-state index contributed by atoms with van der Waals surface area (Å²) in [5, 5.41) is 0. The van der Waals surface area contributed by atoms with E-state index in [1.54, 1.807) is 0 Å². The minimum atomic E-state index is -5.45. The molecule has 3 nitrogen and oxygen atoms in total. The SMILES string of the molecule is C=C(C)COS(=O)(=O)C(F)(F)F. The molecule has 0 amide bonds. The van der Waals surface area contributed by atoms with Crippen LogP contribution in [0.4, 0.5) is 13.2 Å². The van der Waals surface area contributed by atoms with E-state index in [1.165, 1.54) is 6.92 Å². The number of rotatable bonds is 3. The Hall–Kier alpha value is -0.560. The number of hydrogen-bond donors (Lipinski definition) is 0. The minimum Gasteiger partial charge on any atom is -0.259 e. The highest BCUT2D eigenvalue weighted by Crippen LogP contribution is 2.24. The largest absolute Gasteiger partial charge is 0.523 e. The second-order valence-electron chi connectivity index (χ2n) is 2.12. The normalized spacial score (nSPS) is 13.0. The molecule has 0 atom stereocenters. The van der Waals surface area contributed by atoms with Gasteiger partial charge in [-0.3, -0.25) is 4.18 Å². The first-order chi connectivity index (χ1) is 5.17. The summed E-state index contributed by atoms with van der Waals surface area (Å²) >= 11 is 0. The Kier molecular flexibility index (Phi) is 3.28. The Morgan fingerprint density at radius 1 is 1.50 bits per heavy atom. The molecule has 0 N–H and O–H groups in total. The third kappa shape index (κ3) is 3.22. The molecule has 0 fully saturated rings. The molecule has 0 aromatic carbocycles. The lowest BCUT2D eigenvalue weighted by atomic mass is 10.4. The molecule has 12 heavy (non-hydrogen) atoms. The van der Waals surface area contributed by atoms with Crippen molar-refractivity contribution in [2.75, 3.05) is 6.61 Å². The van der Waals surface area contributed by atoms with Gasteiger partial charge >= 0.3 is 15.6 Å². The van der Waals surface area contributed by atoms with Crippen molar-refractivity contribution in [2.24, 2.45) is 0 Å². The van der Waals surface area contributed by atoms with Gasteiger partial charge in [-0.25, -0.2) is 0 Å². The maximum absolute atomic E-state index is 11.5. The molecule has 7 heteroatoms. The summed E-state index contributed by atoms with van der Waals surface area (Å²) in [6.07, 6.45) is 0. The first-order valence-electron chi connectivity index (χ1n) is 2.77. The van der Waals surface area contributed by atoms with Gasteiger partial charge in [-0.05, 0) is 6.92 Å². The Balaban J connectivity index is 4.37. The van der Waals surface area contributed by atoms with Gasteiger partial charge in [0.25, 0.3) is 0 Å². The highest BCUT2D eigenvalue weighted by Gasteiger charge is 2.47. The van der Waals surface area contributed by atoms with E-state index in [4.69, 9.17) is 0 Å². The first-order valence-corrected chi connectivity index (χ1v) is 4.18. The monoisotopic (exact) mass is 204 g/mol. The Bertz CT molecular complexity index is 264. The van der Waals surface area contributed by atoms with Crippen LogP contribution in [0.3, 0.4) is 0 Å². The lowest BCUT2D eigenvalue weighted by Gasteiger charge is -2.07. The van der Waals surface area contributed by atoms with Gasteiger partial charge in [-0.15, -0.1) is 0 Å². The van der Waals surface area contributed by atoms with E-state index in [9.17, 15) is 21.6 Å². The van der Waals surface area contributed by atoms with Gasteiger partial charge in [-0.1, -0.05) is 12.2 Å². The molecule has 0 rings (SSSR count). The van der Waals surface area contributed by atoms with Crippen LogP contribution in [0.2, 0.25) is 0 Å². The van der Waals surface area contributed by atoms with Crippen molar-refractivity contribution < 1.29 is 25.8 Å². The standard InChI is InChI=1S/C5H7F3O3S/c1-4(2)3-11-12(9,10)5(6,7)8/h1,3H2,2H3. The number of halogens is 3. The molecule has 0 radical (unpaired) electrons. The predicted octanol–water partition coefficient (Wildman–Crippen LogP) is 1.43.